The summed E-state index contributed by atoms with van der Waals surface area (Å²) >= 11 is 0. The number of hydrogen-bond acceptors (Lipinski definition) is 4. The van der Waals surface area contributed by atoms with Crippen LogP contribution in [0.25, 0.3) is 11.1 Å². The topological polar surface area (TPSA) is 66.3 Å². The van der Waals surface area contributed by atoms with E-state index in [1.54, 1.807) is 6.20 Å². The third-order valence-electron chi connectivity index (χ3n) is 5.38. The number of hydrogen-bond donors (Lipinski definition) is 1. The first kappa shape index (κ1) is 16.0. The van der Waals surface area contributed by atoms with Crippen LogP contribution in [0.3, 0.4) is 0 Å². The quantitative estimate of drug-likeness (QED) is 0.870. The van der Waals surface area contributed by atoms with Gasteiger partial charge in [0.15, 0.2) is 0 Å². The molecule has 1 N–H and O–H groups in total. The first-order valence-electron chi connectivity index (χ1n) is 8.77. The van der Waals surface area contributed by atoms with Crippen molar-refractivity contribution in [3.05, 3.63) is 60.2 Å². The van der Waals surface area contributed by atoms with Crippen LogP contribution in [0.5, 0.6) is 0 Å². The minimum absolute atomic E-state index is 0.105. The van der Waals surface area contributed by atoms with Crippen molar-refractivity contribution in [3.63, 3.8) is 0 Å². The molecule has 5 heteroatoms. The van der Waals surface area contributed by atoms with Crippen molar-refractivity contribution in [2.75, 3.05) is 13.1 Å². The predicted molar refractivity (Wildman–Crippen MR) is 95.6 cm³/mol. The monoisotopic (exact) mass is 335 g/mol. The zero-order valence-corrected chi connectivity index (χ0v) is 14.0. The van der Waals surface area contributed by atoms with E-state index in [2.05, 4.69) is 14.9 Å². The Kier molecular flexibility index (Phi) is 4.32. The predicted octanol–water partition coefficient (Wildman–Crippen LogP) is 2.96. The zero-order valence-electron chi connectivity index (χ0n) is 14.0. The molecule has 3 aliphatic heterocycles. The molecule has 4 heterocycles. The summed E-state index contributed by atoms with van der Waals surface area (Å²) in [7, 11) is 0. The summed E-state index contributed by atoms with van der Waals surface area (Å²) in [5.41, 5.74) is 2.63. The van der Waals surface area contributed by atoms with E-state index in [9.17, 15) is 9.90 Å². The van der Waals surface area contributed by atoms with Gasteiger partial charge in [-0.05, 0) is 49.9 Å². The average Bonchev–Trinajstić information content (AvgIpc) is 2.68. The maximum absolute atomic E-state index is 12.2. The smallest absolute Gasteiger partial charge is 0.336 e. The number of piperidine rings is 3. The molecule has 0 saturated carbocycles. The normalized spacial score (nSPS) is 26.2. The maximum Gasteiger partial charge on any atom is 0.336 e. The van der Waals surface area contributed by atoms with Crippen LogP contribution in [0.2, 0.25) is 0 Å². The van der Waals surface area contributed by atoms with E-state index >= 15 is 0 Å². The van der Waals surface area contributed by atoms with Crippen LogP contribution in [0.1, 0.15) is 30.5 Å². The van der Waals surface area contributed by atoms with Gasteiger partial charge in [0, 0.05) is 17.8 Å². The molecule has 0 amide bonds. The fourth-order valence-electron chi connectivity index (χ4n) is 4.18. The van der Waals surface area contributed by atoms with Crippen LogP contribution in [-0.4, -0.2) is 45.1 Å². The molecule has 0 unspecified atom stereocenters. The molecule has 128 valence electrons. The molecular weight excluding hydrogens is 314 g/mol. The maximum atomic E-state index is 12.2. The molecule has 1 aromatic carbocycles. The van der Waals surface area contributed by atoms with Gasteiger partial charge in [-0.25, -0.2) is 14.8 Å². The molecule has 1 atom stereocenters. The van der Waals surface area contributed by atoms with Gasteiger partial charge in [0.1, 0.15) is 6.33 Å². The molecule has 5 nitrogen and oxygen atoms in total. The van der Waals surface area contributed by atoms with Crippen LogP contribution in [0.15, 0.2) is 48.9 Å². The summed E-state index contributed by atoms with van der Waals surface area (Å²) in [5.74, 6) is -0.222. The lowest BCUT2D eigenvalue weighted by molar-refractivity contribution is -0.130. The van der Waals surface area contributed by atoms with Crippen LogP contribution in [0.4, 0.5) is 0 Å². The van der Waals surface area contributed by atoms with Crippen molar-refractivity contribution in [3.8, 4) is 0 Å². The van der Waals surface area contributed by atoms with Gasteiger partial charge in [0.05, 0.1) is 11.3 Å². The Hall–Kier alpha value is -2.53. The lowest BCUT2D eigenvalue weighted by Crippen LogP contribution is -2.49. The third-order valence-corrected chi connectivity index (χ3v) is 5.38. The molecule has 25 heavy (non-hydrogen) atoms. The number of carboxylic acids is 1. The van der Waals surface area contributed by atoms with E-state index in [0.29, 0.717) is 17.2 Å². The molecule has 5 rings (SSSR count). The number of rotatable bonds is 4. The highest BCUT2D eigenvalue weighted by Crippen LogP contribution is 2.40. The van der Waals surface area contributed by atoms with E-state index in [1.165, 1.54) is 19.2 Å². The second kappa shape index (κ2) is 6.76. The third kappa shape index (κ3) is 3.07. The molecule has 0 aliphatic carbocycles. The van der Waals surface area contributed by atoms with Crippen molar-refractivity contribution in [1.29, 1.82) is 0 Å². The largest absolute Gasteiger partial charge is 0.478 e. The lowest BCUT2D eigenvalue weighted by Gasteiger charge is -2.46. The van der Waals surface area contributed by atoms with Crippen molar-refractivity contribution in [1.82, 2.24) is 14.9 Å². The first-order chi connectivity index (χ1) is 12.2. The Labute approximate surface area is 147 Å². The fourth-order valence-corrected chi connectivity index (χ4v) is 4.18. The standard InChI is InChI=1S/C20H21N3O2/c24-20(25)18(15-4-2-1-3-5-15)19(16-6-9-21-13-22-16)17-12-14-7-10-23(17)11-8-14/h1-6,9,13-14,17H,7-8,10-12H2,(H,24,25)/t17-/m1/s1. The van der Waals surface area contributed by atoms with Crippen molar-refractivity contribution >= 4 is 17.1 Å². The molecular formula is C20H21N3O2. The second-order valence-electron chi connectivity index (χ2n) is 6.79. The summed E-state index contributed by atoms with van der Waals surface area (Å²) in [6.45, 7) is 2.07. The van der Waals surface area contributed by atoms with Gasteiger partial charge in [-0.15, -0.1) is 0 Å². The number of aliphatic carboxylic acids is 1. The van der Waals surface area contributed by atoms with E-state index < -0.39 is 5.97 Å². The number of aromatic nitrogens is 2. The highest BCUT2D eigenvalue weighted by atomic mass is 16.4. The van der Waals surface area contributed by atoms with E-state index in [-0.39, 0.29) is 6.04 Å². The van der Waals surface area contributed by atoms with Crippen LogP contribution >= 0.6 is 0 Å². The number of carboxylic acid groups (broad SMARTS) is 1. The molecule has 3 fully saturated rings. The van der Waals surface area contributed by atoms with Crippen molar-refractivity contribution in [2.24, 2.45) is 5.92 Å². The molecule has 0 radical (unpaired) electrons. The summed E-state index contributed by atoms with van der Waals surface area (Å²) in [6.07, 6.45) is 6.60. The fraction of sp³-hybridized carbons (Fsp3) is 0.350. The molecule has 0 spiro atoms. The second-order valence-corrected chi connectivity index (χ2v) is 6.79. The number of benzene rings is 1. The van der Waals surface area contributed by atoms with E-state index in [4.69, 9.17) is 0 Å². The van der Waals surface area contributed by atoms with Gasteiger partial charge in [-0.3, -0.25) is 4.90 Å². The molecule has 1 aromatic heterocycles. The minimum atomic E-state index is -0.901. The van der Waals surface area contributed by atoms with Gasteiger partial charge < -0.3 is 5.11 Å². The highest BCUT2D eigenvalue weighted by molar-refractivity contribution is 6.24. The SMILES string of the molecule is O=C(O)C(=C(c1ccncn1)[C@H]1CC2CCN1CC2)c1ccccc1. The zero-order chi connectivity index (χ0) is 17.2. The van der Waals surface area contributed by atoms with Gasteiger partial charge in [-0.1, -0.05) is 30.3 Å². The van der Waals surface area contributed by atoms with Gasteiger partial charge in [-0.2, -0.15) is 0 Å². The molecule has 3 saturated heterocycles. The van der Waals surface area contributed by atoms with Crippen molar-refractivity contribution < 1.29 is 9.90 Å². The van der Waals surface area contributed by atoms with Crippen molar-refractivity contribution in [2.45, 2.75) is 25.3 Å². The average molecular weight is 335 g/mol. The molecule has 2 aromatic rings. The Morgan fingerprint density at radius 1 is 1.12 bits per heavy atom. The number of fused-ring (bicyclic) bond motifs is 3. The Bertz CT molecular complexity index is 781. The first-order valence-corrected chi connectivity index (χ1v) is 8.77. The molecule has 2 bridgehead atoms. The van der Waals surface area contributed by atoms with Gasteiger partial charge in [0.2, 0.25) is 0 Å². The Balaban J connectivity index is 1.91. The van der Waals surface area contributed by atoms with Crippen LogP contribution in [0, 0.1) is 5.92 Å². The summed E-state index contributed by atoms with van der Waals surface area (Å²) in [5, 5.41) is 10.0. The Morgan fingerprint density at radius 2 is 1.88 bits per heavy atom. The summed E-state index contributed by atoms with van der Waals surface area (Å²) in [4.78, 5) is 23.1. The highest BCUT2D eigenvalue weighted by Gasteiger charge is 2.38. The van der Waals surface area contributed by atoms with Gasteiger partial charge >= 0.3 is 5.97 Å². The Morgan fingerprint density at radius 3 is 2.44 bits per heavy atom. The van der Waals surface area contributed by atoms with E-state index in [0.717, 1.165) is 30.6 Å². The van der Waals surface area contributed by atoms with E-state index in [1.807, 2.05) is 36.4 Å². The summed E-state index contributed by atoms with van der Waals surface area (Å²) < 4.78 is 0. The van der Waals surface area contributed by atoms with Gasteiger partial charge in [0.25, 0.3) is 0 Å². The molecule has 3 aliphatic rings. The minimum Gasteiger partial charge on any atom is -0.478 e. The lowest BCUT2D eigenvalue weighted by atomic mass is 9.78. The van der Waals surface area contributed by atoms with Crippen LogP contribution in [-0.2, 0) is 4.79 Å². The van der Waals surface area contributed by atoms with Crippen LogP contribution < -0.4 is 0 Å². The number of nitrogens with zero attached hydrogens (tertiary/aromatic N) is 3. The summed E-state index contributed by atoms with van der Waals surface area (Å²) in [6, 6.07) is 11.3. The number of carbonyl (C=O) groups is 1.